The molecule has 1 spiro atoms. The minimum atomic E-state index is -0.687. The van der Waals surface area contributed by atoms with Gasteiger partial charge in [-0.25, -0.2) is 0 Å². The van der Waals surface area contributed by atoms with Crippen LogP contribution in [-0.4, -0.2) is 46.3 Å². The number of aliphatic hydroxyl groups excluding tert-OH is 1. The van der Waals surface area contributed by atoms with Gasteiger partial charge in [-0.3, -0.25) is 9.59 Å². The van der Waals surface area contributed by atoms with E-state index in [0.29, 0.717) is 23.5 Å². The van der Waals surface area contributed by atoms with Crippen LogP contribution in [0.25, 0.3) is 0 Å². The number of rotatable bonds is 2. The molecule has 0 aromatic heterocycles. The zero-order valence-electron chi connectivity index (χ0n) is 15.0. The highest BCUT2D eigenvalue weighted by atomic mass is 32.2. The largest absolute Gasteiger partial charge is 0.467 e. The Morgan fingerprint density at radius 1 is 1.30 bits per heavy atom. The topological polar surface area (TPSA) is 87.7 Å². The number of hydrogen-bond acceptors (Lipinski definition) is 5. The highest BCUT2D eigenvalue weighted by molar-refractivity contribution is 7.99. The molecule has 1 saturated heterocycles. The summed E-state index contributed by atoms with van der Waals surface area (Å²) in [6, 6.07) is 7.20. The second-order valence-electron chi connectivity index (χ2n) is 8.24. The molecule has 6 atom stereocenters. The van der Waals surface area contributed by atoms with Gasteiger partial charge in [-0.05, 0) is 37.3 Å². The van der Waals surface area contributed by atoms with Crippen molar-refractivity contribution in [2.75, 3.05) is 11.5 Å². The van der Waals surface area contributed by atoms with Crippen LogP contribution >= 0.6 is 11.8 Å². The van der Waals surface area contributed by atoms with Crippen molar-refractivity contribution in [3.8, 4) is 5.75 Å². The standard InChI is InChI=1S/C20H24N2O4S/c23-16-10-27-9-15(16)21-18(24)14-7-12-6-5-11(14)8-20(12)22-19(25)13-3-1-2-4-17(13)26-20/h1-4,11-12,14-16,23H,5-10H2,(H,21,24)(H,22,25)/t11-,12+,14+,15-,16-,20-/m1/s1. The van der Waals surface area contributed by atoms with Gasteiger partial charge in [-0.15, -0.1) is 0 Å². The van der Waals surface area contributed by atoms with E-state index in [9.17, 15) is 14.7 Å². The predicted molar refractivity (Wildman–Crippen MR) is 101 cm³/mol. The second-order valence-corrected chi connectivity index (χ2v) is 9.32. The van der Waals surface area contributed by atoms with Crippen LogP contribution in [0.5, 0.6) is 5.75 Å². The van der Waals surface area contributed by atoms with Gasteiger partial charge in [-0.1, -0.05) is 12.1 Å². The molecule has 3 N–H and O–H groups in total. The number of para-hydroxylation sites is 1. The van der Waals surface area contributed by atoms with Gasteiger partial charge in [0.15, 0.2) is 5.72 Å². The Kier molecular flexibility index (Phi) is 4.13. The number of amides is 2. The SMILES string of the molecule is O=C1N[C@]2(C[C@H]3CC[C@H]2C[C@@H]3C(=O)N[C@@H]2CSC[C@H]2O)Oc2ccccc21. The van der Waals surface area contributed by atoms with Crippen molar-refractivity contribution < 1.29 is 19.4 Å². The normalized spacial score (nSPS) is 39.6. The smallest absolute Gasteiger partial charge is 0.258 e. The first-order chi connectivity index (χ1) is 13.1. The maximum atomic E-state index is 12.9. The Balaban J connectivity index is 1.33. The van der Waals surface area contributed by atoms with Crippen LogP contribution < -0.4 is 15.4 Å². The van der Waals surface area contributed by atoms with E-state index >= 15 is 0 Å². The number of thioether (sulfide) groups is 1. The fraction of sp³-hybridized carbons (Fsp3) is 0.600. The zero-order chi connectivity index (χ0) is 18.6. The molecule has 2 heterocycles. The maximum absolute atomic E-state index is 12.9. The Bertz CT molecular complexity index is 787. The van der Waals surface area contributed by atoms with E-state index in [1.807, 2.05) is 18.2 Å². The summed E-state index contributed by atoms with van der Waals surface area (Å²) in [5.74, 6) is 2.30. The molecule has 2 aliphatic heterocycles. The third kappa shape index (κ3) is 2.83. The van der Waals surface area contributed by atoms with Crippen LogP contribution in [0.1, 0.15) is 36.0 Å². The number of nitrogens with one attached hydrogen (secondary N) is 2. The Hall–Kier alpha value is -1.73. The molecule has 7 heteroatoms. The van der Waals surface area contributed by atoms with Crippen LogP contribution in [0, 0.1) is 17.8 Å². The quantitative estimate of drug-likeness (QED) is 0.715. The van der Waals surface area contributed by atoms with E-state index in [1.54, 1.807) is 17.8 Å². The minimum absolute atomic E-state index is 0.0497. The Morgan fingerprint density at radius 3 is 2.89 bits per heavy atom. The van der Waals surface area contributed by atoms with Crippen molar-refractivity contribution >= 4 is 23.6 Å². The average molecular weight is 388 g/mol. The first-order valence-corrected chi connectivity index (χ1v) is 10.9. The summed E-state index contributed by atoms with van der Waals surface area (Å²) in [7, 11) is 0. The van der Waals surface area contributed by atoms with Crippen LogP contribution in [0.4, 0.5) is 0 Å². The van der Waals surface area contributed by atoms with Gasteiger partial charge >= 0.3 is 0 Å². The highest BCUT2D eigenvalue weighted by Gasteiger charge is 2.57. The lowest BCUT2D eigenvalue weighted by Crippen LogP contribution is -2.67. The molecule has 4 fully saturated rings. The molecule has 2 bridgehead atoms. The van der Waals surface area contributed by atoms with Crippen molar-refractivity contribution in [2.45, 2.75) is 43.6 Å². The van der Waals surface area contributed by atoms with Crippen molar-refractivity contribution in [3.63, 3.8) is 0 Å². The van der Waals surface area contributed by atoms with Gasteiger partial charge in [-0.2, -0.15) is 11.8 Å². The van der Waals surface area contributed by atoms with Crippen molar-refractivity contribution in [1.29, 1.82) is 0 Å². The third-order valence-electron chi connectivity index (χ3n) is 6.68. The summed E-state index contributed by atoms with van der Waals surface area (Å²) in [5, 5.41) is 16.2. The molecule has 27 heavy (non-hydrogen) atoms. The average Bonchev–Trinajstić information content (AvgIpc) is 3.06. The first-order valence-electron chi connectivity index (χ1n) is 9.72. The molecular weight excluding hydrogens is 364 g/mol. The van der Waals surface area contributed by atoms with Gasteiger partial charge < -0.3 is 20.5 Å². The molecule has 2 amide bonds. The minimum Gasteiger partial charge on any atom is -0.467 e. The molecule has 144 valence electrons. The van der Waals surface area contributed by atoms with E-state index in [0.717, 1.165) is 25.0 Å². The fourth-order valence-electron chi connectivity index (χ4n) is 5.25. The number of carbonyl (C=O) groups excluding carboxylic acids is 2. The van der Waals surface area contributed by atoms with Gasteiger partial charge in [0.1, 0.15) is 5.75 Å². The Morgan fingerprint density at radius 2 is 2.15 bits per heavy atom. The molecule has 6 nitrogen and oxygen atoms in total. The van der Waals surface area contributed by atoms with E-state index in [4.69, 9.17) is 4.74 Å². The molecular formula is C20H24N2O4S. The molecule has 1 aromatic rings. The summed E-state index contributed by atoms with van der Waals surface area (Å²) < 4.78 is 6.34. The number of aliphatic hydroxyl groups is 1. The summed E-state index contributed by atoms with van der Waals surface area (Å²) in [4.78, 5) is 25.5. The number of fused-ring (bicyclic) bond motifs is 3. The maximum Gasteiger partial charge on any atom is 0.258 e. The lowest BCUT2D eigenvalue weighted by atomic mass is 9.60. The van der Waals surface area contributed by atoms with Gasteiger partial charge in [0.25, 0.3) is 5.91 Å². The summed E-state index contributed by atoms with van der Waals surface area (Å²) >= 11 is 1.67. The summed E-state index contributed by atoms with van der Waals surface area (Å²) in [6.07, 6.45) is 2.86. The van der Waals surface area contributed by atoms with E-state index in [2.05, 4.69) is 10.6 Å². The lowest BCUT2D eigenvalue weighted by Gasteiger charge is -2.55. The van der Waals surface area contributed by atoms with Crippen molar-refractivity contribution in [1.82, 2.24) is 10.6 Å². The number of carbonyl (C=O) groups is 2. The summed E-state index contributed by atoms with van der Waals surface area (Å²) in [5.41, 5.74) is -0.111. The van der Waals surface area contributed by atoms with E-state index in [1.165, 1.54) is 0 Å². The molecule has 5 aliphatic rings. The molecule has 6 rings (SSSR count). The zero-order valence-corrected chi connectivity index (χ0v) is 15.8. The van der Waals surface area contributed by atoms with Gasteiger partial charge in [0.05, 0.1) is 17.7 Å². The molecule has 3 aliphatic carbocycles. The van der Waals surface area contributed by atoms with Crippen molar-refractivity contribution in [2.24, 2.45) is 17.8 Å². The molecule has 3 saturated carbocycles. The first kappa shape index (κ1) is 17.4. The van der Waals surface area contributed by atoms with Crippen molar-refractivity contribution in [3.05, 3.63) is 29.8 Å². The van der Waals surface area contributed by atoms with Crippen LogP contribution in [0.15, 0.2) is 24.3 Å². The fourth-order valence-corrected chi connectivity index (χ4v) is 6.42. The van der Waals surface area contributed by atoms with E-state index < -0.39 is 11.8 Å². The van der Waals surface area contributed by atoms with E-state index in [-0.39, 0.29) is 35.6 Å². The summed E-state index contributed by atoms with van der Waals surface area (Å²) in [6.45, 7) is 0. The van der Waals surface area contributed by atoms with Crippen LogP contribution in [0.2, 0.25) is 0 Å². The third-order valence-corrected chi connectivity index (χ3v) is 7.85. The van der Waals surface area contributed by atoms with Gasteiger partial charge in [0.2, 0.25) is 5.91 Å². The number of benzene rings is 1. The van der Waals surface area contributed by atoms with Crippen LogP contribution in [-0.2, 0) is 4.79 Å². The number of ether oxygens (including phenoxy) is 1. The lowest BCUT2D eigenvalue weighted by molar-refractivity contribution is -0.147. The molecule has 0 unspecified atom stereocenters. The Labute approximate surface area is 162 Å². The monoisotopic (exact) mass is 388 g/mol. The highest BCUT2D eigenvalue weighted by Crippen LogP contribution is 2.52. The second kappa shape index (κ2) is 6.41. The molecule has 0 radical (unpaired) electrons. The van der Waals surface area contributed by atoms with Crippen LogP contribution in [0.3, 0.4) is 0 Å². The van der Waals surface area contributed by atoms with Gasteiger partial charge in [0, 0.05) is 29.8 Å². The predicted octanol–water partition coefficient (Wildman–Crippen LogP) is 1.53. The molecule has 1 aromatic carbocycles. The number of hydrogen-bond donors (Lipinski definition) is 3.